The fourth-order valence-corrected chi connectivity index (χ4v) is 8.61. The van der Waals surface area contributed by atoms with E-state index in [-0.39, 0.29) is 5.41 Å². The summed E-state index contributed by atoms with van der Waals surface area (Å²) in [7, 11) is 0. The van der Waals surface area contributed by atoms with E-state index in [1.807, 2.05) is 0 Å². The second-order valence-corrected chi connectivity index (χ2v) is 13.7. The average Bonchev–Trinajstić information content (AvgIpc) is 3.68. The van der Waals surface area contributed by atoms with Crippen LogP contribution in [-0.4, -0.2) is 14.5 Å². The third-order valence-corrected chi connectivity index (χ3v) is 10.9. The summed E-state index contributed by atoms with van der Waals surface area (Å²) in [5.74, 6) is 0.865. The van der Waals surface area contributed by atoms with Gasteiger partial charge in [0.25, 0.3) is 0 Å². The van der Waals surface area contributed by atoms with Crippen LogP contribution in [0.3, 0.4) is 0 Å². The molecule has 3 heterocycles. The quantitative estimate of drug-likeness (QED) is 0.200. The molecule has 6 aromatic carbocycles. The van der Waals surface area contributed by atoms with Gasteiger partial charge in [-0.15, -0.1) is 11.3 Å². The van der Waals surface area contributed by atoms with Gasteiger partial charge < -0.3 is 0 Å². The summed E-state index contributed by atoms with van der Waals surface area (Å²) >= 11 is 1.71. The molecule has 1 aliphatic carbocycles. The van der Waals surface area contributed by atoms with Crippen LogP contribution in [0.1, 0.15) is 25.0 Å². The molecule has 10 rings (SSSR count). The lowest BCUT2D eigenvalue weighted by Gasteiger charge is -2.22. The number of rotatable bonds is 2. The maximum atomic E-state index is 5.51. The number of benzene rings is 6. The number of aromatic nitrogens is 3. The van der Waals surface area contributed by atoms with Crippen LogP contribution < -0.4 is 0 Å². The maximum Gasteiger partial charge on any atom is 0.166 e. The molecule has 3 aromatic heterocycles. The van der Waals surface area contributed by atoms with Gasteiger partial charge >= 0.3 is 0 Å². The standard InChI is InChI=1S/C41H27N3S/c1-41(2)32-16-8-5-13-27(32)28-20-19-26(22-33(28)41)37-39(43-40-38(42-37)30-15-7-10-18-36(30)45-40)44-34-17-9-6-14-29(34)31-21-24-11-3-4-12-25(24)23-35(31)44/h3-23H,1-2H3. The summed E-state index contributed by atoms with van der Waals surface area (Å²) in [4.78, 5) is 12.0. The number of para-hydroxylation sites is 1. The number of thiophene rings is 1. The minimum absolute atomic E-state index is 0.111. The Morgan fingerprint density at radius 2 is 1.29 bits per heavy atom. The minimum Gasteiger partial charge on any atom is -0.292 e. The largest absolute Gasteiger partial charge is 0.292 e. The van der Waals surface area contributed by atoms with Crippen molar-refractivity contribution in [3.63, 3.8) is 0 Å². The summed E-state index contributed by atoms with van der Waals surface area (Å²) in [5.41, 5.74) is 10.4. The zero-order valence-corrected chi connectivity index (χ0v) is 25.7. The van der Waals surface area contributed by atoms with Crippen LogP contribution in [-0.2, 0) is 5.41 Å². The van der Waals surface area contributed by atoms with E-state index < -0.39 is 0 Å². The monoisotopic (exact) mass is 593 g/mol. The normalized spacial score (nSPS) is 13.7. The molecule has 0 saturated heterocycles. The van der Waals surface area contributed by atoms with Crippen LogP contribution >= 0.6 is 11.3 Å². The number of nitrogens with zero attached hydrogens (tertiary/aromatic N) is 3. The van der Waals surface area contributed by atoms with Gasteiger partial charge in [0, 0.05) is 31.8 Å². The van der Waals surface area contributed by atoms with Gasteiger partial charge in [-0.05, 0) is 63.4 Å². The molecule has 0 unspecified atom stereocenters. The second-order valence-electron chi connectivity index (χ2n) is 12.6. The maximum absolute atomic E-state index is 5.51. The first kappa shape index (κ1) is 25.1. The smallest absolute Gasteiger partial charge is 0.166 e. The molecule has 0 fully saturated rings. The van der Waals surface area contributed by atoms with Gasteiger partial charge in [-0.3, -0.25) is 4.57 Å². The lowest BCUT2D eigenvalue weighted by Crippen LogP contribution is -2.15. The minimum atomic E-state index is -0.111. The Morgan fingerprint density at radius 3 is 2.18 bits per heavy atom. The Morgan fingerprint density at radius 1 is 0.578 bits per heavy atom. The molecule has 45 heavy (non-hydrogen) atoms. The third-order valence-electron chi connectivity index (χ3n) is 9.80. The fraction of sp³-hybridized carbons (Fsp3) is 0.0732. The van der Waals surface area contributed by atoms with E-state index in [4.69, 9.17) is 9.97 Å². The lowest BCUT2D eigenvalue weighted by molar-refractivity contribution is 0.660. The Balaban J connectivity index is 1.33. The highest BCUT2D eigenvalue weighted by Crippen LogP contribution is 2.50. The van der Waals surface area contributed by atoms with Crippen LogP contribution in [0.4, 0.5) is 0 Å². The summed E-state index contributed by atoms with van der Waals surface area (Å²) in [6.45, 7) is 4.67. The molecule has 4 heteroatoms. The van der Waals surface area contributed by atoms with Gasteiger partial charge in [-0.2, -0.15) is 0 Å². The molecule has 0 saturated carbocycles. The predicted molar refractivity (Wildman–Crippen MR) is 190 cm³/mol. The van der Waals surface area contributed by atoms with E-state index in [2.05, 4.69) is 146 Å². The highest BCUT2D eigenvalue weighted by molar-refractivity contribution is 7.25. The molecular weight excluding hydrogens is 567 g/mol. The molecule has 0 bridgehead atoms. The SMILES string of the molecule is CC1(C)c2ccccc2-c2ccc(-c3nc4c(nc3-n3c5ccccc5c5cc6ccccc6cc53)sc3ccccc34)cc21. The van der Waals surface area contributed by atoms with Crippen molar-refractivity contribution in [2.75, 3.05) is 0 Å². The summed E-state index contributed by atoms with van der Waals surface area (Å²) < 4.78 is 3.55. The summed E-state index contributed by atoms with van der Waals surface area (Å²) in [6, 6.07) is 46.2. The molecule has 0 atom stereocenters. The third kappa shape index (κ3) is 3.40. The van der Waals surface area contributed by atoms with Crippen molar-refractivity contribution >= 4 is 64.3 Å². The van der Waals surface area contributed by atoms with Crippen molar-refractivity contribution < 1.29 is 0 Å². The van der Waals surface area contributed by atoms with Crippen LogP contribution in [0, 0.1) is 0 Å². The van der Waals surface area contributed by atoms with Gasteiger partial charge in [-0.25, -0.2) is 9.97 Å². The molecule has 3 nitrogen and oxygen atoms in total. The van der Waals surface area contributed by atoms with Gasteiger partial charge in [0.1, 0.15) is 16.0 Å². The van der Waals surface area contributed by atoms with Crippen molar-refractivity contribution in [1.82, 2.24) is 14.5 Å². The number of hydrogen-bond acceptors (Lipinski definition) is 3. The zero-order chi connectivity index (χ0) is 29.9. The first-order valence-electron chi connectivity index (χ1n) is 15.4. The van der Waals surface area contributed by atoms with Crippen LogP contribution in [0.5, 0.6) is 0 Å². The van der Waals surface area contributed by atoms with Gasteiger partial charge in [0.05, 0.1) is 11.0 Å². The highest BCUT2D eigenvalue weighted by Gasteiger charge is 2.35. The van der Waals surface area contributed by atoms with E-state index in [1.54, 1.807) is 11.3 Å². The number of hydrogen-bond donors (Lipinski definition) is 0. The molecule has 0 amide bonds. The molecule has 0 aliphatic heterocycles. The average molecular weight is 594 g/mol. The zero-order valence-electron chi connectivity index (χ0n) is 24.9. The Kier molecular flexibility index (Phi) is 4.94. The Hall–Kier alpha value is -5.32. The first-order chi connectivity index (χ1) is 22.1. The van der Waals surface area contributed by atoms with E-state index in [1.165, 1.54) is 48.5 Å². The highest BCUT2D eigenvalue weighted by atomic mass is 32.1. The van der Waals surface area contributed by atoms with Crippen molar-refractivity contribution in [3.05, 3.63) is 139 Å². The van der Waals surface area contributed by atoms with Crippen LogP contribution in [0.25, 0.3) is 81.2 Å². The van der Waals surface area contributed by atoms with Gasteiger partial charge in [0.2, 0.25) is 0 Å². The van der Waals surface area contributed by atoms with E-state index >= 15 is 0 Å². The van der Waals surface area contributed by atoms with Crippen molar-refractivity contribution in [2.45, 2.75) is 19.3 Å². The van der Waals surface area contributed by atoms with Crippen molar-refractivity contribution in [2.24, 2.45) is 0 Å². The first-order valence-corrected chi connectivity index (χ1v) is 16.2. The molecule has 0 radical (unpaired) electrons. The summed E-state index contributed by atoms with van der Waals surface area (Å²) in [6.07, 6.45) is 0. The van der Waals surface area contributed by atoms with E-state index in [0.717, 1.165) is 43.8 Å². The van der Waals surface area contributed by atoms with Crippen LogP contribution in [0.15, 0.2) is 127 Å². The van der Waals surface area contributed by atoms with Gasteiger partial charge in [0.15, 0.2) is 5.82 Å². The van der Waals surface area contributed by atoms with Crippen LogP contribution in [0.2, 0.25) is 0 Å². The fourth-order valence-electron chi connectivity index (χ4n) is 7.60. The number of fused-ring (bicyclic) bond motifs is 10. The second kappa shape index (κ2) is 8.87. The molecule has 212 valence electrons. The molecule has 1 aliphatic rings. The molecule has 9 aromatic rings. The Bertz CT molecular complexity index is 2690. The van der Waals surface area contributed by atoms with Gasteiger partial charge in [-0.1, -0.05) is 111 Å². The lowest BCUT2D eigenvalue weighted by atomic mass is 9.82. The van der Waals surface area contributed by atoms with E-state index in [0.29, 0.717) is 0 Å². The summed E-state index contributed by atoms with van der Waals surface area (Å²) in [5, 5.41) is 6.04. The Labute approximate surface area is 264 Å². The van der Waals surface area contributed by atoms with Crippen molar-refractivity contribution in [1.29, 1.82) is 0 Å². The molecule has 0 N–H and O–H groups in total. The predicted octanol–water partition coefficient (Wildman–Crippen LogP) is 11.1. The topological polar surface area (TPSA) is 30.7 Å². The van der Waals surface area contributed by atoms with E-state index in [9.17, 15) is 0 Å². The molecular formula is C41H27N3S. The molecule has 0 spiro atoms. The van der Waals surface area contributed by atoms with Crippen molar-refractivity contribution in [3.8, 4) is 28.2 Å².